The first-order valence-electron chi connectivity index (χ1n) is 7.71. The number of methoxy groups -OCH3 is 1. The van der Waals surface area contributed by atoms with Crippen molar-refractivity contribution >= 4 is 33.5 Å². The summed E-state index contributed by atoms with van der Waals surface area (Å²) in [5.41, 5.74) is 0.917. The summed E-state index contributed by atoms with van der Waals surface area (Å²) in [4.78, 5) is 25.2. The molecule has 1 aromatic carbocycles. The topological polar surface area (TPSA) is 46.6 Å². The highest BCUT2D eigenvalue weighted by atomic mass is 79.9. The fourth-order valence-corrected chi connectivity index (χ4v) is 2.60. The number of unbranched alkanes of at least 4 members (excludes halogenated alkanes) is 2. The minimum Gasteiger partial charge on any atom is -0.469 e. The van der Waals surface area contributed by atoms with Crippen molar-refractivity contribution in [1.82, 2.24) is 0 Å². The summed E-state index contributed by atoms with van der Waals surface area (Å²) in [5, 5.41) is 0. The molecule has 0 saturated heterocycles. The predicted octanol–water partition coefficient (Wildman–Crippen LogP) is 4.32. The average molecular weight is 370 g/mol. The van der Waals surface area contributed by atoms with E-state index in [9.17, 15) is 9.59 Å². The van der Waals surface area contributed by atoms with Crippen molar-refractivity contribution in [2.75, 3.05) is 18.6 Å². The van der Waals surface area contributed by atoms with Crippen molar-refractivity contribution in [2.24, 2.45) is 0 Å². The number of rotatable bonds is 9. The number of anilines is 1. The maximum atomic E-state index is 12.3. The Morgan fingerprint density at radius 1 is 1.18 bits per heavy atom. The van der Waals surface area contributed by atoms with Crippen molar-refractivity contribution in [1.29, 1.82) is 0 Å². The lowest BCUT2D eigenvalue weighted by Gasteiger charge is -2.23. The van der Waals surface area contributed by atoms with Gasteiger partial charge in [0, 0.05) is 29.5 Å². The molecule has 0 saturated carbocycles. The molecule has 0 aliphatic carbocycles. The molecule has 5 heteroatoms. The highest BCUT2D eigenvalue weighted by Gasteiger charge is 2.14. The van der Waals surface area contributed by atoms with Gasteiger partial charge in [-0.3, -0.25) is 9.59 Å². The van der Waals surface area contributed by atoms with Gasteiger partial charge in [-0.05, 0) is 37.5 Å². The second-order valence-corrected chi connectivity index (χ2v) is 6.08. The maximum Gasteiger partial charge on any atom is 0.305 e. The van der Waals surface area contributed by atoms with Crippen LogP contribution < -0.4 is 4.90 Å². The summed E-state index contributed by atoms with van der Waals surface area (Å²) in [7, 11) is 1.40. The molecule has 0 unspecified atom stereocenters. The average Bonchev–Trinajstić information content (AvgIpc) is 2.50. The lowest BCUT2D eigenvalue weighted by molar-refractivity contribution is -0.140. The standard InChI is InChI=1S/C17H24BrNO3/c1-3-8-16(20)19(15-10-7-9-14(18)13-15)12-6-4-5-11-17(21)22-2/h7,9-10,13H,3-6,8,11-12H2,1-2H3. The maximum absolute atomic E-state index is 12.3. The van der Waals surface area contributed by atoms with E-state index in [1.54, 1.807) is 0 Å². The largest absolute Gasteiger partial charge is 0.469 e. The number of nitrogens with zero attached hydrogens (tertiary/aromatic N) is 1. The van der Waals surface area contributed by atoms with E-state index in [1.165, 1.54) is 7.11 Å². The van der Waals surface area contributed by atoms with Crippen molar-refractivity contribution in [3.63, 3.8) is 0 Å². The van der Waals surface area contributed by atoms with Gasteiger partial charge in [-0.1, -0.05) is 35.3 Å². The van der Waals surface area contributed by atoms with Gasteiger partial charge in [0.05, 0.1) is 7.11 Å². The van der Waals surface area contributed by atoms with Gasteiger partial charge < -0.3 is 9.64 Å². The monoisotopic (exact) mass is 369 g/mol. The first-order valence-corrected chi connectivity index (χ1v) is 8.50. The molecule has 122 valence electrons. The Kier molecular flexibility index (Phi) is 8.82. The molecule has 1 amide bonds. The van der Waals surface area contributed by atoms with Crippen LogP contribution in [-0.4, -0.2) is 25.5 Å². The molecule has 1 rings (SSSR count). The van der Waals surface area contributed by atoms with Crippen LogP contribution in [0.5, 0.6) is 0 Å². The minimum absolute atomic E-state index is 0.147. The third-order valence-corrected chi connectivity index (χ3v) is 3.87. The number of hydrogen-bond donors (Lipinski definition) is 0. The van der Waals surface area contributed by atoms with Gasteiger partial charge in [0.1, 0.15) is 0 Å². The van der Waals surface area contributed by atoms with Gasteiger partial charge in [-0.2, -0.15) is 0 Å². The van der Waals surface area contributed by atoms with Crippen LogP contribution in [0, 0.1) is 0 Å². The number of benzene rings is 1. The number of carbonyl (C=O) groups excluding carboxylic acids is 2. The van der Waals surface area contributed by atoms with Crippen LogP contribution in [0.2, 0.25) is 0 Å². The van der Waals surface area contributed by atoms with E-state index in [4.69, 9.17) is 0 Å². The van der Waals surface area contributed by atoms with Crippen LogP contribution in [-0.2, 0) is 14.3 Å². The van der Waals surface area contributed by atoms with Crippen molar-refractivity contribution in [3.05, 3.63) is 28.7 Å². The number of carbonyl (C=O) groups is 2. The van der Waals surface area contributed by atoms with Crippen LogP contribution in [0.1, 0.15) is 45.4 Å². The summed E-state index contributed by atoms with van der Waals surface area (Å²) < 4.78 is 5.58. The Bertz CT molecular complexity index is 491. The summed E-state index contributed by atoms with van der Waals surface area (Å²) >= 11 is 3.45. The molecule has 1 aromatic rings. The van der Waals surface area contributed by atoms with Crippen LogP contribution in [0.25, 0.3) is 0 Å². The van der Waals surface area contributed by atoms with E-state index in [-0.39, 0.29) is 11.9 Å². The van der Waals surface area contributed by atoms with E-state index < -0.39 is 0 Å². The number of amides is 1. The van der Waals surface area contributed by atoms with Crippen molar-refractivity contribution in [2.45, 2.75) is 45.4 Å². The molecule has 0 aromatic heterocycles. The summed E-state index contributed by atoms with van der Waals surface area (Å²) in [5.74, 6) is -0.0283. The van der Waals surface area contributed by atoms with Crippen LogP contribution in [0.15, 0.2) is 28.7 Å². The van der Waals surface area contributed by atoms with Gasteiger partial charge in [0.15, 0.2) is 0 Å². The molecular formula is C17H24BrNO3. The van der Waals surface area contributed by atoms with E-state index in [1.807, 2.05) is 36.1 Å². The molecule has 0 atom stereocenters. The zero-order valence-corrected chi connectivity index (χ0v) is 14.9. The van der Waals surface area contributed by atoms with Crippen LogP contribution in [0.4, 0.5) is 5.69 Å². The molecule has 0 aliphatic heterocycles. The summed E-state index contributed by atoms with van der Waals surface area (Å²) in [6.07, 6.45) is 4.40. The molecule has 0 spiro atoms. The zero-order valence-electron chi connectivity index (χ0n) is 13.3. The predicted molar refractivity (Wildman–Crippen MR) is 91.9 cm³/mol. The number of halogens is 1. The quantitative estimate of drug-likeness (QED) is 0.481. The second-order valence-electron chi connectivity index (χ2n) is 5.16. The molecule has 0 N–H and O–H groups in total. The Balaban J connectivity index is 2.56. The van der Waals surface area contributed by atoms with E-state index in [0.29, 0.717) is 19.4 Å². The first-order chi connectivity index (χ1) is 10.6. The summed E-state index contributed by atoms with van der Waals surface area (Å²) in [6, 6.07) is 7.79. The molecule has 0 aliphatic rings. The molecule has 4 nitrogen and oxygen atoms in total. The summed E-state index contributed by atoms with van der Waals surface area (Å²) in [6.45, 7) is 2.68. The van der Waals surface area contributed by atoms with Gasteiger partial charge in [-0.15, -0.1) is 0 Å². The van der Waals surface area contributed by atoms with Gasteiger partial charge in [0.2, 0.25) is 5.91 Å². The third-order valence-electron chi connectivity index (χ3n) is 3.38. The second kappa shape index (κ2) is 10.4. The highest BCUT2D eigenvalue weighted by Crippen LogP contribution is 2.21. The van der Waals surface area contributed by atoms with E-state index in [0.717, 1.165) is 35.8 Å². The van der Waals surface area contributed by atoms with E-state index >= 15 is 0 Å². The molecule has 22 heavy (non-hydrogen) atoms. The SMILES string of the molecule is CCCC(=O)N(CCCCCC(=O)OC)c1cccc(Br)c1. The zero-order chi connectivity index (χ0) is 16.4. The molecule has 0 heterocycles. The Morgan fingerprint density at radius 2 is 1.95 bits per heavy atom. The smallest absolute Gasteiger partial charge is 0.305 e. The van der Waals surface area contributed by atoms with Crippen molar-refractivity contribution < 1.29 is 14.3 Å². The lowest BCUT2D eigenvalue weighted by atomic mass is 10.1. The molecule has 0 radical (unpaired) electrons. The fraction of sp³-hybridized carbons (Fsp3) is 0.529. The molecular weight excluding hydrogens is 346 g/mol. The number of hydrogen-bond acceptors (Lipinski definition) is 3. The van der Waals surface area contributed by atoms with Gasteiger partial charge in [0.25, 0.3) is 0 Å². The Hall–Kier alpha value is -1.36. The third kappa shape index (κ3) is 6.60. The Labute approximate surface area is 141 Å². The Morgan fingerprint density at radius 3 is 2.59 bits per heavy atom. The number of ether oxygens (including phenoxy) is 1. The van der Waals surface area contributed by atoms with Crippen molar-refractivity contribution in [3.8, 4) is 0 Å². The highest BCUT2D eigenvalue weighted by molar-refractivity contribution is 9.10. The van der Waals surface area contributed by atoms with Crippen LogP contribution in [0.3, 0.4) is 0 Å². The lowest BCUT2D eigenvalue weighted by Crippen LogP contribution is -2.31. The molecule has 0 bridgehead atoms. The van der Waals surface area contributed by atoms with Gasteiger partial charge in [-0.25, -0.2) is 0 Å². The van der Waals surface area contributed by atoms with Gasteiger partial charge >= 0.3 is 5.97 Å². The van der Waals surface area contributed by atoms with E-state index in [2.05, 4.69) is 20.7 Å². The first kappa shape index (κ1) is 18.7. The fourth-order valence-electron chi connectivity index (χ4n) is 2.21. The van der Waals surface area contributed by atoms with Crippen LogP contribution >= 0.6 is 15.9 Å². The molecule has 0 fully saturated rings. The number of esters is 1. The minimum atomic E-state index is -0.175. The normalized spacial score (nSPS) is 10.3.